The lowest BCUT2D eigenvalue weighted by Crippen LogP contribution is -2.41. The van der Waals surface area contributed by atoms with E-state index < -0.39 is 0 Å². The monoisotopic (exact) mass is 352 g/mol. The molecule has 0 radical (unpaired) electrons. The van der Waals surface area contributed by atoms with Crippen molar-refractivity contribution in [2.45, 2.75) is 65.3 Å². The zero-order valence-electron chi connectivity index (χ0n) is 16.7. The van der Waals surface area contributed by atoms with Crippen LogP contribution < -0.4 is 10.2 Å². The first kappa shape index (κ1) is 19.0. The third kappa shape index (κ3) is 3.82. The van der Waals surface area contributed by atoms with E-state index in [0.717, 1.165) is 16.8 Å². The molecular weight excluding hydrogens is 323 g/mol. The Morgan fingerprint density at radius 2 is 1.54 bits per heavy atom. The van der Waals surface area contributed by atoms with Crippen molar-refractivity contribution in [3.63, 3.8) is 0 Å². The summed E-state index contributed by atoms with van der Waals surface area (Å²) in [7, 11) is -0.347. The molecule has 0 aliphatic carbocycles. The lowest BCUT2D eigenvalue weighted by Gasteiger charge is -2.32. The van der Waals surface area contributed by atoms with Crippen LogP contribution in [-0.2, 0) is 15.9 Å². The quantitative estimate of drug-likeness (QED) is 0.731. The van der Waals surface area contributed by atoms with E-state index in [2.05, 4.69) is 65.8 Å². The number of hydrogen-bond acceptors (Lipinski definition) is 3. The number of ether oxygens (including phenoxy) is 1. The van der Waals surface area contributed by atoms with Gasteiger partial charge in [-0.1, -0.05) is 50.2 Å². The van der Waals surface area contributed by atoms with Gasteiger partial charge in [0, 0.05) is 0 Å². The van der Waals surface area contributed by atoms with Gasteiger partial charge >= 0.3 is 7.12 Å². The summed E-state index contributed by atoms with van der Waals surface area (Å²) >= 11 is 0. The van der Waals surface area contributed by atoms with Crippen LogP contribution >= 0.6 is 0 Å². The van der Waals surface area contributed by atoms with E-state index in [1.54, 1.807) is 0 Å². The summed E-state index contributed by atoms with van der Waals surface area (Å²) in [4.78, 5) is 0. The summed E-state index contributed by atoms with van der Waals surface area (Å²) < 4.78 is 18.5. The minimum Gasteiger partial charge on any atom is -0.489 e. The second-order valence-electron chi connectivity index (χ2n) is 8.31. The van der Waals surface area contributed by atoms with Crippen molar-refractivity contribution >= 4 is 12.6 Å². The van der Waals surface area contributed by atoms with E-state index in [1.165, 1.54) is 5.56 Å². The molecule has 1 heterocycles. The molecule has 26 heavy (non-hydrogen) atoms. The average molecular weight is 352 g/mol. The third-order valence-corrected chi connectivity index (χ3v) is 5.44. The molecule has 0 saturated carbocycles. The van der Waals surface area contributed by atoms with Crippen molar-refractivity contribution in [2.24, 2.45) is 0 Å². The van der Waals surface area contributed by atoms with Crippen LogP contribution in [0, 0.1) is 0 Å². The van der Waals surface area contributed by atoms with Crippen molar-refractivity contribution in [3.8, 4) is 5.75 Å². The van der Waals surface area contributed by atoms with Crippen LogP contribution in [0.2, 0.25) is 0 Å². The highest BCUT2D eigenvalue weighted by molar-refractivity contribution is 6.62. The Bertz CT molecular complexity index is 737. The van der Waals surface area contributed by atoms with Crippen LogP contribution in [0.15, 0.2) is 48.5 Å². The third-order valence-electron chi connectivity index (χ3n) is 5.44. The van der Waals surface area contributed by atoms with Crippen molar-refractivity contribution in [1.29, 1.82) is 0 Å². The SMILES string of the molecule is CC(C)c1cc(OCc2ccccc2)ccc1B1OC(C)(C)C(C)(C)O1. The molecule has 0 spiro atoms. The predicted molar refractivity (Wildman–Crippen MR) is 107 cm³/mol. The average Bonchev–Trinajstić information content (AvgIpc) is 2.81. The summed E-state index contributed by atoms with van der Waals surface area (Å²) in [5.41, 5.74) is 2.77. The number of hydrogen-bond donors (Lipinski definition) is 0. The molecule has 138 valence electrons. The highest BCUT2D eigenvalue weighted by Gasteiger charge is 2.52. The number of benzene rings is 2. The molecule has 0 unspecified atom stereocenters. The Kier molecular flexibility index (Phi) is 5.18. The van der Waals surface area contributed by atoms with E-state index in [-0.39, 0.29) is 18.3 Å². The molecule has 4 heteroatoms. The molecule has 2 aromatic carbocycles. The van der Waals surface area contributed by atoms with Crippen molar-refractivity contribution in [3.05, 3.63) is 59.7 Å². The van der Waals surface area contributed by atoms with E-state index in [1.807, 2.05) is 24.3 Å². The molecule has 1 aliphatic heterocycles. The molecule has 3 rings (SSSR count). The molecule has 1 saturated heterocycles. The Balaban J connectivity index is 1.82. The summed E-state index contributed by atoms with van der Waals surface area (Å²) in [5, 5.41) is 0. The smallest absolute Gasteiger partial charge is 0.489 e. The van der Waals surface area contributed by atoms with Crippen LogP contribution in [-0.4, -0.2) is 18.3 Å². The summed E-state index contributed by atoms with van der Waals surface area (Å²) in [6.45, 7) is 13.3. The topological polar surface area (TPSA) is 27.7 Å². The Morgan fingerprint density at radius 1 is 0.923 bits per heavy atom. The van der Waals surface area contributed by atoms with Crippen LogP contribution in [0.4, 0.5) is 0 Å². The van der Waals surface area contributed by atoms with Gasteiger partial charge in [-0.15, -0.1) is 0 Å². The highest BCUT2D eigenvalue weighted by atomic mass is 16.7. The largest absolute Gasteiger partial charge is 0.495 e. The molecule has 1 fully saturated rings. The molecule has 0 aromatic heterocycles. The number of rotatable bonds is 5. The van der Waals surface area contributed by atoms with Crippen LogP contribution in [0.5, 0.6) is 5.75 Å². The molecule has 1 aliphatic rings. The first-order chi connectivity index (χ1) is 12.2. The minimum absolute atomic E-state index is 0.339. The maximum atomic E-state index is 6.25. The van der Waals surface area contributed by atoms with Gasteiger partial charge in [0.1, 0.15) is 12.4 Å². The van der Waals surface area contributed by atoms with E-state index in [4.69, 9.17) is 14.0 Å². The minimum atomic E-state index is -0.347. The zero-order valence-corrected chi connectivity index (χ0v) is 16.7. The van der Waals surface area contributed by atoms with Gasteiger partial charge in [-0.05, 0) is 62.3 Å². The fourth-order valence-electron chi connectivity index (χ4n) is 3.07. The van der Waals surface area contributed by atoms with Crippen LogP contribution in [0.1, 0.15) is 58.6 Å². The summed E-state index contributed by atoms with van der Waals surface area (Å²) in [6, 6.07) is 16.4. The maximum Gasteiger partial charge on any atom is 0.495 e. The van der Waals surface area contributed by atoms with Gasteiger partial charge in [-0.3, -0.25) is 0 Å². The molecular formula is C22H29BO3. The summed E-state index contributed by atoms with van der Waals surface area (Å²) in [6.07, 6.45) is 0. The molecule has 3 nitrogen and oxygen atoms in total. The Morgan fingerprint density at radius 3 is 2.12 bits per heavy atom. The van der Waals surface area contributed by atoms with Gasteiger partial charge in [0.05, 0.1) is 11.2 Å². The fraction of sp³-hybridized carbons (Fsp3) is 0.455. The van der Waals surface area contributed by atoms with E-state index in [9.17, 15) is 0 Å². The van der Waals surface area contributed by atoms with Crippen LogP contribution in [0.3, 0.4) is 0 Å². The summed E-state index contributed by atoms with van der Waals surface area (Å²) in [5.74, 6) is 1.22. The van der Waals surface area contributed by atoms with E-state index >= 15 is 0 Å². The maximum absolute atomic E-state index is 6.25. The van der Waals surface area contributed by atoms with Crippen molar-refractivity contribution in [2.75, 3.05) is 0 Å². The van der Waals surface area contributed by atoms with Gasteiger partial charge in [0.2, 0.25) is 0 Å². The van der Waals surface area contributed by atoms with Gasteiger partial charge in [-0.2, -0.15) is 0 Å². The second kappa shape index (κ2) is 7.09. The molecule has 0 bridgehead atoms. The Hall–Kier alpha value is -1.78. The van der Waals surface area contributed by atoms with Crippen molar-refractivity contribution in [1.82, 2.24) is 0 Å². The van der Waals surface area contributed by atoms with Gasteiger partial charge in [-0.25, -0.2) is 0 Å². The van der Waals surface area contributed by atoms with Crippen LogP contribution in [0.25, 0.3) is 0 Å². The zero-order chi connectivity index (χ0) is 18.9. The highest BCUT2D eigenvalue weighted by Crippen LogP contribution is 2.37. The first-order valence-corrected chi connectivity index (χ1v) is 9.36. The molecule has 0 N–H and O–H groups in total. The standard InChI is InChI=1S/C22H29BO3/c1-16(2)19-14-18(24-15-17-10-8-7-9-11-17)12-13-20(19)23-25-21(3,4)22(5,6)26-23/h7-14,16H,15H2,1-6H3. The Labute approximate surface area is 157 Å². The lowest BCUT2D eigenvalue weighted by atomic mass is 9.73. The fourth-order valence-corrected chi connectivity index (χ4v) is 3.07. The van der Waals surface area contributed by atoms with E-state index in [0.29, 0.717) is 12.5 Å². The first-order valence-electron chi connectivity index (χ1n) is 9.36. The lowest BCUT2D eigenvalue weighted by molar-refractivity contribution is 0.00578. The molecule has 2 aromatic rings. The predicted octanol–water partition coefficient (Wildman–Crippen LogP) is 4.69. The van der Waals surface area contributed by atoms with Gasteiger partial charge in [0.25, 0.3) is 0 Å². The van der Waals surface area contributed by atoms with Gasteiger partial charge < -0.3 is 14.0 Å². The molecule has 0 atom stereocenters. The second-order valence-corrected chi connectivity index (χ2v) is 8.31. The molecule has 0 amide bonds. The van der Waals surface area contributed by atoms with Crippen molar-refractivity contribution < 1.29 is 14.0 Å². The van der Waals surface area contributed by atoms with Gasteiger partial charge in [0.15, 0.2) is 0 Å². The normalized spacial score (nSPS) is 18.3.